The maximum atomic E-state index is 12.1. The number of amides is 1. The number of nitrogens with zero attached hydrogens (tertiary/aromatic N) is 1. The number of para-hydroxylation sites is 1. The van der Waals surface area contributed by atoms with E-state index in [0.29, 0.717) is 11.4 Å². The fourth-order valence-electron chi connectivity index (χ4n) is 2.00. The summed E-state index contributed by atoms with van der Waals surface area (Å²) in [6, 6.07) is 5.52. The highest BCUT2D eigenvalue weighted by Gasteiger charge is 2.31. The summed E-state index contributed by atoms with van der Waals surface area (Å²) in [5.41, 5.74) is 7.26. The number of benzene rings is 1. The Morgan fingerprint density at radius 3 is 2.94 bits per heavy atom. The van der Waals surface area contributed by atoms with E-state index in [9.17, 15) is 4.79 Å². The number of nitrogens with two attached hydrogens (primary N) is 1. The van der Waals surface area contributed by atoms with Crippen molar-refractivity contribution in [1.82, 2.24) is 0 Å². The minimum Gasteiger partial charge on any atom is -0.477 e. The van der Waals surface area contributed by atoms with E-state index in [4.69, 9.17) is 10.5 Å². The average molecular weight is 234 g/mol. The third-order valence-corrected chi connectivity index (χ3v) is 2.96. The normalized spacial score (nSPS) is 18.8. The summed E-state index contributed by atoms with van der Waals surface area (Å²) in [6.07, 6.45) is 1.58. The van der Waals surface area contributed by atoms with Crippen molar-refractivity contribution >= 4 is 17.3 Å². The Kier molecular flexibility index (Phi) is 3.22. The molecule has 0 aromatic heterocycles. The molecule has 1 aromatic carbocycles. The molecule has 2 rings (SSSR count). The average Bonchev–Trinajstić information content (AvgIpc) is 2.31. The molecule has 0 saturated carbocycles. The molecule has 1 aliphatic heterocycles. The summed E-state index contributed by atoms with van der Waals surface area (Å²) >= 11 is 0. The minimum atomic E-state index is -0.455. The number of rotatable bonds is 3. The van der Waals surface area contributed by atoms with Crippen LogP contribution in [0.3, 0.4) is 0 Å². The van der Waals surface area contributed by atoms with Crippen molar-refractivity contribution in [3.63, 3.8) is 0 Å². The van der Waals surface area contributed by atoms with Gasteiger partial charge in [0.15, 0.2) is 11.9 Å². The van der Waals surface area contributed by atoms with Crippen LogP contribution in [0.15, 0.2) is 18.2 Å². The first-order chi connectivity index (χ1) is 8.15. The number of unbranched alkanes of at least 4 members (excludes halogenated alkanes) is 1. The Labute approximate surface area is 101 Å². The topological polar surface area (TPSA) is 55.6 Å². The van der Waals surface area contributed by atoms with Gasteiger partial charge in [-0.2, -0.15) is 0 Å². The summed E-state index contributed by atoms with van der Waals surface area (Å²) in [5.74, 6) is 0.646. The lowest BCUT2D eigenvalue weighted by Gasteiger charge is -2.33. The predicted octanol–water partition coefficient (Wildman–Crippen LogP) is 2.18. The van der Waals surface area contributed by atoms with Crippen LogP contribution in [0, 0.1) is 0 Å². The van der Waals surface area contributed by atoms with Crippen LogP contribution in [0.1, 0.15) is 26.7 Å². The molecule has 0 aliphatic carbocycles. The van der Waals surface area contributed by atoms with Crippen molar-refractivity contribution < 1.29 is 9.53 Å². The standard InChI is InChI=1S/C13H18N2O2/c1-3-4-8-15-11-7-5-6-10(14)12(11)17-9(2)13(15)16/h5-7,9H,3-4,8,14H2,1-2H3. The van der Waals surface area contributed by atoms with Crippen molar-refractivity contribution in [2.45, 2.75) is 32.8 Å². The summed E-state index contributed by atoms with van der Waals surface area (Å²) in [7, 11) is 0. The highest BCUT2D eigenvalue weighted by atomic mass is 16.5. The van der Waals surface area contributed by atoms with Gasteiger partial charge < -0.3 is 15.4 Å². The maximum Gasteiger partial charge on any atom is 0.267 e. The van der Waals surface area contributed by atoms with Crippen LogP contribution >= 0.6 is 0 Å². The first-order valence-corrected chi connectivity index (χ1v) is 6.01. The molecule has 0 spiro atoms. The van der Waals surface area contributed by atoms with Gasteiger partial charge in [0.1, 0.15) is 0 Å². The molecule has 0 saturated heterocycles. The van der Waals surface area contributed by atoms with Gasteiger partial charge in [0.2, 0.25) is 0 Å². The van der Waals surface area contributed by atoms with Crippen LogP contribution in [0.4, 0.5) is 11.4 Å². The molecule has 0 radical (unpaired) electrons. The second-order valence-electron chi connectivity index (χ2n) is 4.30. The number of ether oxygens (including phenoxy) is 1. The molecular formula is C13H18N2O2. The van der Waals surface area contributed by atoms with Gasteiger partial charge in [-0.1, -0.05) is 19.4 Å². The molecule has 1 aliphatic rings. The summed E-state index contributed by atoms with van der Waals surface area (Å²) < 4.78 is 5.57. The maximum absolute atomic E-state index is 12.1. The van der Waals surface area contributed by atoms with Crippen molar-refractivity contribution in [3.05, 3.63) is 18.2 Å². The molecule has 1 amide bonds. The van der Waals surface area contributed by atoms with Gasteiger partial charge in [-0.25, -0.2) is 0 Å². The third-order valence-electron chi connectivity index (χ3n) is 2.96. The zero-order valence-electron chi connectivity index (χ0n) is 10.3. The van der Waals surface area contributed by atoms with Crippen LogP contribution in [-0.4, -0.2) is 18.6 Å². The second-order valence-corrected chi connectivity index (χ2v) is 4.30. The zero-order valence-corrected chi connectivity index (χ0v) is 10.3. The van der Waals surface area contributed by atoms with Crippen LogP contribution in [0.5, 0.6) is 5.75 Å². The number of hydrogen-bond donors (Lipinski definition) is 1. The van der Waals surface area contributed by atoms with E-state index in [2.05, 4.69) is 6.92 Å². The second kappa shape index (κ2) is 4.65. The molecule has 17 heavy (non-hydrogen) atoms. The molecule has 4 heteroatoms. The Bertz CT molecular complexity index is 431. The molecule has 2 N–H and O–H groups in total. The predicted molar refractivity (Wildman–Crippen MR) is 68.2 cm³/mol. The molecule has 1 aromatic rings. The first-order valence-electron chi connectivity index (χ1n) is 6.01. The lowest BCUT2D eigenvalue weighted by atomic mass is 10.1. The Morgan fingerprint density at radius 1 is 1.47 bits per heavy atom. The Balaban J connectivity index is 2.38. The van der Waals surface area contributed by atoms with Gasteiger partial charge in [-0.15, -0.1) is 0 Å². The number of carbonyl (C=O) groups is 1. The smallest absolute Gasteiger partial charge is 0.267 e. The molecule has 1 heterocycles. The molecule has 1 unspecified atom stereocenters. The molecular weight excluding hydrogens is 216 g/mol. The van der Waals surface area contributed by atoms with E-state index in [1.807, 2.05) is 12.1 Å². The van der Waals surface area contributed by atoms with E-state index in [1.54, 1.807) is 17.9 Å². The number of anilines is 2. The number of fused-ring (bicyclic) bond motifs is 1. The zero-order chi connectivity index (χ0) is 12.4. The highest BCUT2D eigenvalue weighted by molar-refractivity contribution is 6.01. The van der Waals surface area contributed by atoms with Gasteiger partial charge in [0.05, 0.1) is 11.4 Å². The Hall–Kier alpha value is -1.71. The van der Waals surface area contributed by atoms with Crippen LogP contribution in [-0.2, 0) is 4.79 Å². The van der Waals surface area contributed by atoms with E-state index in [0.717, 1.165) is 25.1 Å². The van der Waals surface area contributed by atoms with Gasteiger partial charge in [-0.3, -0.25) is 4.79 Å². The van der Waals surface area contributed by atoms with E-state index < -0.39 is 6.10 Å². The SMILES string of the molecule is CCCCN1C(=O)C(C)Oc2c(N)cccc21. The third kappa shape index (κ3) is 2.07. The molecule has 0 fully saturated rings. The largest absolute Gasteiger partial charge is 0.477 e. The summed E-state index contributed by atoms with van der Waals surface area (Å²) in [6.45, 7) is 4.59. The Morgan fingerprint density at radius 2 is 2.24 bits per heavy atom. The van der Waals surface area contributed by atoms with Crippen LogP contribution in [0.2, 0.25) is 0 Å². The minimum absolute atomic E-state index is 0.0107. The lowest BCUT2D eigenvalue weighted by molar-refractivity contribution is -0.125. The lowest BCUT2D eigenvalue weighted by Crippen LogP contribution is -2.45. The van der Waals surface area contributed by atoms with Crippen molar-refractivity contribution in [3.8, 4) is 5.75 Å². The number of nitrogen functional groups attached to an aromatic ring is 1. The monoisotopic (exact) mass is 234 g/mol. The van der Waals surface area contributed by atoms with E-state index in [1.165, 1.54) is 0 Å². The summed E-state index contributed by atoms with van der Waals surface area (Å²) in [4.78, 5) is 13.8. The van der Waals surface area contributed by atoms with Crippen LogP contribution < -0.4 is 15.4 Å². The van der Waals surface area contributed by atoms with Gasteiger partial charge >= 0.3 is 0 Å². The molecule has 4 nitrogen and oxygen atoms in total. The molecule has 0 bridgehead atoms. The van der Waals surface area contributed by atoms with Gasteiger partial charge in [0, 0.05) is 6.54 Å². The molecule has 1 atom stereocenters. The van der Waals surface area contributed by atoms with Crippen molar-refractivity contribution in [2.75, 3.05) is 17.2 Å². The number of carbonyl (C=O) groups excluding carboxylic acids is 1. The fourth-order valence-corrected chi connectivity index (χ4v) is 2.00. The number of hydrogen-bond acceptors (Lipinski definition) is 3. The van der Waals surface area contributed by atoms with Gasteiger partial charge in [0.25, 0.3) is 5.91 Å². The van der Waals surface area contributed by atoms with Crippen molar-refractivity contribution in [2.24, 2.45) is 0 Å². The van der Waals surface area contributed by atoms with Gasteiger partial charge in [-0.05, 0) is 25.5 Å². The van der Waals surface area contributed by atoms with E-state index >= 15 is 0 Å². The molecule has 92 valence electrons. The highest BCUT2D eigenvalue weighted by Crippen LogP contribution is 2.38. The van der Waals surface area contributed by atoms with Crippen molar-refractivity contribution in [1.29, 1.82) is 0 Å². The van der Waals surface area contributed by atoms with Crippen LogP contribution in [0.25, 0.3) is 0 Å². The quantitative estimate of drug-likeness (QED) is 0.815. The first kappa shape index (κ1) is 11.8. The fraction of sp³-hybridized carbons (Fsp3) is 0.462. The summed E-state index contributed by atoms with van der Waals surface area (Å²) in [5, 5.41) is 0. The van der Waals surface area contributed by atoms with E-state index in [-0.39, 0.29) is 5.91 Å².